The Balaban J connectivity index is 1.30. The Morgan fingerprint density at radius 1 is 1.14 bits per heavy atom. The van der Waals surface area contributed by atoms with Crippen LogP contribution in [0.2, 0.25) is 0 Å². The lowest BCUT2D eigenvalue weighted by Crippen LogP contribution is -2.49. The van der Waals surface area contributed by atoms with Gasteiger partial charge in [0.05, 0.1) is 12.8 Å². The van der Waals surface area contributed by atoms with E-state index in [1.165, 1.54) is 5.56 Å². The predicted molar refractivity (Wildman–Crippen MR) is 112 cm³/mol. The number of methoxy groups -OCH3 is 1. The van der Waals surface area contributed by atoms with Gasteiger partial charge in [-0.25, -0.2) is 4.79 Å². The lowest BCUT2D eigenvalue weighted by molar-refractivity contribution is -0.0639. The number of hydrogen-bond acceptors (Lipinski definition) is 4. The molecule has 6 heteroatoms. The molecule has 0 unspecified atom stereocenters. The minimum Gasteiger partial charge on any atom is -0.497 e. The first-order valence-electron chi connectivity index (χ1n) is 9.97. The molecule has 0 saturated carbocycles. The van der Waals surface area contributed by atoms with Crippen molar-refractivity contribution in [3.05, 3.63) is 71.3 Å². The van der Waals surface area contributed by atoms with E-state index in [0.717, 1.165) is 35.4 Å². The smallest absolute Gasteiger partial charge is 0.317 e. The summed E-state index contributed by atoms with van der Waals surface area (Å²) in [5.41, 5.74) is 7.14. The minimum absolute atomic E-state index is 0.0376. The molecule has 29 heavy (non-hydrogen) atoms. The third kappa shape index (κ3) is 4.38. The number of piperidine rings is 1. The molecule has 2 heterocycles. The Kier molecular flexibility index (Phi) is 5.45. The van der Waals surface area contributed by atoms with Crippen LogP contribution in [0, 0.1) is 6.92 Å². The van der Waals surface area contributed by atoms with Crippen LogP contribution in [0.5, 0.6) is 5.75 Å². The fourth-order valence-corrected chi connectivity index (χ4v) is 3.72. The molecule has 2 aromatic carbocycles. The average Bonchev–Trinajstić information content (AvgIpc) is 3.17. The number of amides is 2. The monoisotopic (exact) mass is 393 g/mol. The maximum absolute atomic E-state index is 12.5. The van der Waals surface area contributed by atoms with Crippen LogP contribution >= 0.6 is 0 Å². The van der Waals surface area contributed by atoms with E-state index < -0.39 is 0 Å². The highest BCUT2D eigenvalue weighted by atomic mass is 16.7. The Bertz CT molecular complexity index is 883. The lowest BCUT2D eigenvalue weighted by Gasteiger charge is -2.36. The van der Waals surface area contributed by atoms with Crippen molar-refractivity contribution in [2.45, 2.75) is 31.9 Å². The number of rotatable bonds is 4. The van der Waals surface area contributed by atoms with Crippen molar-refractivity contribution in [3.8, 4) is 5.75 Å². The maximum Gasteiger partial charge on any atom is 0.317 e. The first kappa shape index (κ1) is 19.3. The van der Waals surface area contributed by atoms with Crippen LogP contribution in [0.1, 0.15) is 29.5 Å². The average molecular weight is 393 g/mol. The zero-order chi connectivity index (χ0) is 20.3. The van der Waals surface area contributed by atoms with E-state index in [1.807, 2.05) is 29.2 Å². The van der Waals surface area contributed by atoms with Crippen molar-refractivity contribution >= 4 is 11.7 Å². The first-order chi connectivity index (χ1) is 14.1. The molecule has 4 rings (SSSR count). The second-order valence-electron chi connectivity index (χ2n) is 7.69. The quantitative estimate of drug-likeness (QED) is 0.833. The van der Waals surface area contributed by atoms with Crippen LogP contribution in [-0.4, -0.2) is 36.7 Å². The van der Waals surface area contributed by atoms with Gasteiger partial charge in [0.15, 0.2) is 0 Å². The van der Waals surface area contributed by atoms with Crippen molar-refractivity contribution in [1.29, 1.82) is 0 Å². The molecular weight excluding hydrogens is 366 g/mol. The van der Waals surface area contributed by atoms with E-state index in [-0.39, 0.29) is 11.6 Å². The summed E-state index contributed by atoms with van der Waals surface area (Å²) in [4.78, 5) is 20.3. The standard InChI is InChI=1S/C23H27N3O3/c1-17-3-7-19(8-4-17)21-15-23(29-25-21)11-13-26(14-12-23)22(27)24-16-18-5-9-20(28-2)10-6-18/h3-10,15,25H,11-14,16H2,1-2H3,(H,24,27). The molecule has 0 atom stereocenters. The summed E-state index contributed by atoms with van der Waals surface area (Å²) in [7, 11) is 1.64. The van der Waals surface area contributed by atoms with Crippen LogP contribution in [-0.2, 0) is 11.4 Å². The molecule has 1 spiro atoms. The molecular formula is C23H27N3O3. The van der Waals surface area contributed by atoms with E-state index in [9.17, 15) is 4.79 Å². The zero-order valence-corrected chi connectivity index (χ0v) is 16.9. The van der Waals surface area contributed by atoms with Gasteiger partial charge < -0.3 is 15.0 Å². The van der Waals surface area contributed by atoms with Gasteiger partial charge in [0.2, 0.25) is 0 Å². The maximum atomic E-state index is 12.5. The Morgan fingerprint density at radius 2 is 1.83 bits per heavy atom. The number of aryl methyl sites for hydroxylation is 1. The van der Waals surface area contributed by atoms with Gasteiger partial charge in [0, 0.05) is 32.5 Å². The van der Waals surface area contributed by atoms with Crippen molar-refractivity contribution in [2.75, 3.05) is 20.2 Å². The summed E-state index contributed by atoms with van der Waals surface area (Å²) in [5, 5.41) is 3.00. The van der Waals surface area contributed by atoms with E-state index in [2.05, 4.69) is 48.1 Å². The van der Waals surface area contributed by atoms with E-state index in [0.29, 0.717) is 19.6 Å². The molecule has 0 aromatic heterocycles. The van der Waals surface area contributed by atoms with Crippen LogP contribution in [0.25, 0.3) is 5.70 Å². The van der Waals surface area contributed by atoms with Crippen LogP contribution in [0.15, 0.2) is 54.6 Å². The number of carbonyl (C=O) groups is 1. The summed E-state index contributed by atoms with van der Waals surface area (Å²) in [6.45, 7) is 3.90. The number of nitrogens with one attached hydrogen (secondary N) is 2. The van der Waals surface area contributed by atoms with Crippen LogP contribution < -0.4 is 15.5 Å². The van der Waals surface area contributed by atoms with Gasteiger partial charge in [-0.05, 0) is 36.3 Å². The van der Waals surface area contributed by atoms with Crippen LogP contribution in [0.4, 0.5) is 4.79 Å². The van der Waals surface area contributed by atoms with E-state index >= 15 is 0 Å². The van der Waals surface area contributed by atoms with Gasteiger partial charge in [0.1, 0.15) is 11.4 Å². The molecule has 1 saturated heterocycles. The Hall–Kier alpha value is -2.99. The molecule has 152 valence electrons. The largest absolute Gasteiger partial charge is 0.497 e. The van der Waals surface area contributed by atoms with Crippen molar-refractivity contribution in [1.82, 2.24) is 15.7 Å². The molecule has 1 fully saturated rings. The molecule has 2 aromatic rings. The van der Waals surface area contributed by atoms with Gasteiger partial charge in [-0.15, -0.1) is 0 Å². The summed E-state index contributed by atoms with van der Waals surface area (Å²) in [6.07, 6.45) is 3.71. The molecule has 2 aliphatic rings. The number of likely N-dealkylation sites (tertiary alicyclic amines) is 1. The predicted octanol–water partition coefficient (Wildman–Crippen LogP) is 3.62. The highest BCUT2D eigenvalue weighted by Gasteiger charge is 2.39. The Labute approximate surface area is 171 Å². The normalized spacial score (nSPS) is 17.6. The number of carbonyl (C=O) groups excluding carboxylic acids is 1. The third-order valence-electron chi connectivity index (χ3n) is 5.63. The molecule has 6 nitrogen and oxygen atoms in total. The number of benzene rings is 2. The zero-order valence-electron chi connectivity index (χ0n) is 16.9. The molecule has 2 aliphatic heterocycles. The number of ether oxygens (including phenoxy) is 1. The van der Waals surface area contributed by atoms with Crippen LogP contribution in [0.3, 0.4) is 0 Å². The summed E-state index contributed by atoms with van der Waals surface area (Å²) >= 11 is 0. The topological polar surface area (TPSA) is 62.8 Å². The van der Waals surface area contributed by atoms with E-state index in [4.69, 9.17) is 9.57 Å². The number of hydrogen-bond donors (Lipinski definition) is 2. The summed E-state index contributed by atoms with van der Waals surface area (Å²) in [6, 6.07) is 16.1. The second-order valence-corrected chi connectivity index (χ2v) is 7.69. The third-order valence-corrected chi connectivity index (χ3v) is 5.63. The molecule has 0 aliphatic carbocycles. The summed E-state index contributed by atoms with van der Waals surface area (Å²) < 4.78 is 5.16. The SMILES string of the molecule is COc1ccc(CNC(=O)N2CCC3(C=C(c4ccc(C)cc4)NO3)CC2)cc1. The van der Waals surface area contributed by atoms with Crippen molar-refractivity contribution < 1.29 is 14.4 Å². The van der Waals surface area contributed by atoms with Gasteiger partial charge in [-0.2, -0.15) is 0 Å². The van der Waals surface area contributed by atoms with Crippen molar-refractivity contribution in [2.24, 2.45) is 0 Å². The molecule has 0 bridgehead atoms. The summed E-state index contributed by atoms with van der Waals surface area (Å²) in [5.74, 6) is 0.810. The Morgan fingerprint density at radius 3 is 2.48 bits per heavy atom. The molecule has 2 amide bonds. The minimum atomic E-state index is -0.340. The van der Waals surface area contributed by atoms with E-state index in [1.54, 1.807) is 7.11 Å². The number of urea groups is 1. The highest BCUT2D eigenvalue weighted by Crippen LogP contribution is 2.34. The lowest BCUT2D eigenvalue weighted by atomic mass is 9.90. The second kappa shape index (κ2) is 8.17. The highest BCUT2D eigenvalue weighted by molar-refractivity contribution is 5.74. The first-order valence-corrected chi connectivity index (χ1v) is 9.97. The number of hydroxylamine groups is 1. The number of nitrogens with zero attached hydrogens (tertiary/aromatic N) is 1. The van der Waals surface area contributed by atoms with Gasteiger partial charge in [0.25, 0.3) is 0 Å². The molecule has 2 N–H and O–H groups in total. The van der Waals surface area contributed by atoms with Crippen molar-refractivity contribution in [3.63, 3.8) is 0 Å². The fraction of sp³-hybridized carbons (Fsp3) is 0.348. The van der Waals surface area contributed by atoms with Gasteiger partial charge >= 0.3 is 6.03 Å². The fourth-order valence-electron chi connectivity index (χ4n) is 3.72. The van der Waals surface area contributed by atoms with Gasteiger partial charge in [-0.3, -0.25) is 10.3 Å². The van der Waals surface area contributed by atoms with Gasteiger partial charge in [-0.1, -0.05) is 42.0 Å². The molecule has 0 radical (unpaired) electrons.